The summed E-state index contributed by atoms with van der Waals surface area (Å²) in [7, 11) is 0. The van der Waals surface area contributed by atoms with Crippen LogP contribution in [-0.4, -0.2) is 16.6 Å². The number of benzene rings is 1. The predicted molar refractivity (Wildman–Crippen MR) is 83.1 cm³/mol. The van der Waals surface area contributed by atoms with E-state index in [1.165, 1.54) is 0 Å². The van der Waals surface area contributed by atoms with Crippen LogP contribution in [0.3, 0.4) is 0 Å². The Morgan fingerprint density at radius 2 is 1.82 bits per heavy atom. The first-order valence-corrected chi connectivity index (χ1v) is 7.11. The predicted octanol–water partition coefficient (Wildman–Crippen LogP) is 3.52. The van der Waals surface area contributed by atoms with Crippen LogP contribution in [0.15, 0.2) is 54.4 Å². The molecule has 112 valence electrons. The third kappa shape index (κ3) is 2.60. The SMILES string of the molecule is Cc1ccc(C2=C(Oc3ccccn3)C(=O)OC2(C)C)cc1. The number of aryl methyl sites for hydroxylation is 1. The Balaban J connectivity index is 2.09. The van der Waals surface area contributed by atoms with Gasteiger partial charge in [0.2, 0.25) is 11.6 Å². The summed E-state index contributed by atoms with van der Waals surface area (Å²) in [5.74, 6) is 0.107. The summed E-state index contributed by atoms with van der Waals surface area (Å²) in [6, 6.07) is 13.2. The van der Waals surface area contributed by atoms with Gasteiger partial charge in [-0.1, -0.05) is 35.9 Å². The third-order valence-corrected chi connectivity index (χ3v) is 3.55. The fourth-order valence-corrected chi connectivity index (χ4v) is 2.51. The van der Waals surface area contributed by atoms with Crippen LogP contribution in [0, 0.1) is 6.92 Å². The maximum atomic E-state index is 12.2. The molecule has 0 saturated heterocycles. The van der Waals surface area contributed by atoms with Crippen LogP contribution in [0.2, 0.25) is 0 Å². The normalized spacial score (nSPS) is 16.6. The van der Waals surface area contributed by atoms with Crippen molar-refractivity contribution in [1.29, 1.82) is 0 Å². The molecule has 4 heteroatoms. The Labute approximate surface area is 129 Å². The topological polar surface area (TPSA) is 48.4 Å². The van der Waals surface area contributed by atoms with Gasteiger partial charge in [-0.15, -0.1) is 0 Å². The lowest BCUT2D eigenvalue weighted by Gasteiger charge is -2.21. The van der Waals surface area contributed by atoms with Crippen molar-refractivity contribution in [2.24, 2.45) is 0 Å². The fraction of sp³-hybridized carbons (Fsp3) is 0.222. The molecule has 0 spiro atoms. The zero-order valence-electron chi connectivity index (χ0n) is 12.8. The molecular weight excluding hydrogens is 278 g/mol. The van der Waals surface area contributed by atoms with Crippen LogP contribution in [-0.2, 0) is 9.53 Å². The Hall–Kier alpha value is -2.62. The molecule has 1 aliphatic rings. The van der Waals surface area contributed by atoms with E-state index in [0.717, 1.165) is 16.7 Å². The van der Waals surface area contributed by atoms with Gasteiger partial charge in [0, 0.05) is 12.3 Å². The molecule has 0 fully saturated rings. The summed E-state index contributed by atoms with van der Waals surface area (Å²) in [5, 5.41) is 0. The molecule has 2 aromatic rings. The summed E-state index contributed by atoms with van der Waals surface area (Å²) < 4.78 is 11.2. The molecule has 0 unspecified atom stereocenters. The molecule has 1 aromatic carbocycles. The second kappa shape index (κ2) is 5.30. The Bertz CT molecular complexity index is 731. The van der Waals surface area contributed by atoms with Gasteiger partial charge in [0.15, 0.2) is 0 Å². The van der Waals surface area contributed by atoms with E-state index in [9.17, 15) is 4.79 Å². The summed E-state index contributed by atoms with van der Waals surface area (Å²) in [4.78, 5) is 16.3. The number of ether oxygens (including phenoxy) is 2. The molecule has 3 rings (SSSR count). The lowest BCUT2D eigenvalue weighted by molar-refractivity contribution is -0.145. The highest BCUT2D eigenvalue weighted by Gasteiger charge is 2.43. The van der Waals surface area contributed by atoms with E-state index >= 15 is 0 Å². The number of cyclic esters (lactones) is 1. The number of rotatable bonds is 3. The lowest BCUT2D eigenvalue weighted by Crippen LogP contribution is -2.22. The number of hydrogen-bond donors (Lipinski definition) is 0. The number of pyridine rings is 1. The molecule has 1 aliphatic heterocycles. The number of carbonyl (C=O) groups excluding carboxylic acids is 1. The van der Waals surface area contributed by atoms with Crippen LogP contribution in [0.25, 0.3) is 5.57 Å². The van der Waals surface area contributed by atoms with Gasteiger partial charge >= 0.3 is 5.97 Å². The van der Waals surface area contributed by atoms with Crippen LogP contribution in [0.5, 0.6) is 5.88 Å². The zero-order valence-corrected chi connectivity index (χ0v) is 12.8. The number of carbonyl (C=O) groups is 1. The van der Waals surface area contributed by atoms with Crippen molar-refractivity contribution in [2.75, 3.05) is 0 Å². The molecule has 0 radical (unpaired) electrons. The quantitative estimate of drug-likeness (QED) is 0.813. The molecule has 0 amide bonds. The van der Waals surface area contributed by atoms with Crippen molar-refractivity contribution in [3.8, 4) is 5.88 Å². The molecule has 4 nitrogen and oxygen atoms in total. The fourth-order valence-electron chi connectivity index (χ4n) is 2.51. The summed E-state index contributed by atoms with van der Waals surface area (Å²) >= 11 is 0. The smallest absolute Gasteiger partial charge is 0.375 e. The first-order chi connectivity index (χ1) is 10.5. The largest absolute Gasteiger partial charge is 0.449 e. The minimum Gasteiger partial charge on any atom is -0.449 e. The maximum absolute atomic E-state index is 12.2. The molecule has 0 N–H and O–H groups in total. The molecule has 2 heterocycles. The van der Waals surface area contributed by atoms with Gasteiger partial charge in [-0.2, -0.15) is 0 Å². The molecule has 0 bridgehead atoms. The van der Waals surface area contributed by atoms with Gasteiger partial charge in [0.1, 0.15) is 5.60 Å². The molecule has 0 atom stereocenters. The third-order valence-electron chi connectivity index (χ3n) is 3.55. The van der Waals surface area contributed by atoms with Crippen LogP contribution < -0.4 is 4.74 Å². The van der Waals surface area contributed by atoms with Gasteiger partial charge < -0.3 is 9.47 Å². The average molecular weight is 295 g/mol. The molecule has 1 aromatic heterocycles. The van der Waals surface area contributed by atoms with Crippen molar-refractivity contribution in [2.45, 2.75) is 26.4 Å². The Kier molecular flexibility index (Phi) is 3.45. The van der Waals surface area contributed by atoms with Crippen LogP contribution in [0.4, 0.5) is 0 Å². The lowest BCUT2D eigenvalue weighted by atomic mass is 9.91. The van der Waals surface area contributed by atoms with Crippen LogP contribution >= 0.6 is 0 Å². The van der Waals surface area contributed by atoms with E-state index in [2.05, 4.69) is 4.98 Å². The summed E-state index contributed by atoms with van der Waals surface area (Å²) in [5.41, 5.74) is 2.06. The minimum absolute atomic E-state index is 0.201. The first kappa shape index (κ1) is 14.3. The minimum atomic E-state index is -0.740. The first-order valence-electron chi connectivity index (χ1n) is 7.11. The van der Waals surface area contributed by atoms with E-state index in [0.29, 0.717) is 5.88 Å². The van der Waals surface area contributed by atoms with E-state index in [4.69, 9.17) is 9.47 Å². The maximum Gasteiger partial charge on any atom is 0.375 e. The van der Waals surface area contributed by atoms with Gasteiger partial charge in [-0.05, 0) is 32.4 Å². The van der Waals surface area contributed by atoms with Crippen molar-refractivity contribution >= 4 is 11.5 Å². The molecular formula is C18H17NO3. The highest BCUT2D eigenvalue weighted by molar-refractivity contribution is 6.02. The second-order valence-corrected chi connectivity index (χ2v) is 5.74. The van der Waals surface area contributed by atoms with E-state index in [1.54, 1.807) is 24.4 Å². The highest BCUT2D eigenvalue weighted by atomic mass is 16.6. The number of esters is 1. The van der Waals surface area contributed by atoms with E-state index in [-0.39, 0.29) is 5.76 Å². The summed E-state index contributed by atoms with van der Waals surface area (Å²) in [6.07, 6.45) is 1.62. The average Bonchev–Trinajstić information content (AvgIpc) is 2.70. The van der Waals surface area contributed by atoms with E-state index < -0.39 is 11.6 Å². The number of nitrogens with zero attached hydrogens (tertiary/aromatic N) is 1. The van der Waals surface area contributed by atoms with Gasteiger partial charge in [-0.25, -0.2) is 9.78 Å². The van der Waals surface area contributed by atoms with Gasteiger partial charge in [0.25, 0.3) is 0 Å². The van der Waals surface area contributed by atoms with Gasteiger partial charge in [0.05, 0.1) is 5.57 Å². The van der Waals surface area contributed by atoms with Crippen molar-refractivity contribution in [3.05, 3.63) is 65.5 Å². The van der Waals surface area contributed by atoms with Crippen molar-refractivity contribution in [1.82, 2.24) is 4.98 Å². The highest BCUT2D eigenvalue weighted by Crippen LogP contribution is 2.40. The van der Waals surface area contributed by atoms with Crippen LogP contribution in [0.1, 0.15) is 25.0 Å². The summed E-state index contributed by atoms with van der Waals surface area (Å²) in [6.45, 7) is 5.73. The zero-order chi connectivity index (χ0) is 15.7. The molecule has 0 aliphatic carbocycles. The molecule has 22 heavy (non-hydrogen) atoms. The molecule has 0 saturated carbocycles. The number of aromatic nitrogens is 1. The van der Waals surface area contributed by atoms with E-state index in [1.807, 2.05) is 45.0 Å². The van der Waals surface area contributed by atoms with Crippen molar-refractivity contribution in [3.63, 3.8) is 0 Å². The monoisotopic (exact) mass is 295 g/mol. The second-order valence-electron chi connectivity index (χ2n) is 5.74. The standard InChI is InChI=1S/C18H17NO3/c1-12-7-9-13(10-8-12)15-16(17(20)22-18(15,2)3)21-14-6-4-5-11-19-14/h4-11H,1-3H3. The van der Waals surface area contributed by atoms with Gasteiger partial charge in [-0.3, -0.25) is 0 Å². The Morgan fingerprint density at radius 1 is 1.09 bits per heavy atom. The van der Waals surface area contributed by atoms with Crippen molar-refractivity contribution < 1.29 is 14.3 Å². The Morgan fingerprint density at radius 3 is 2.45 bits per heavy atom. The number of hydrogen-bond acceptors (Lipinski definition) is 4.